The minimum atomic E-state index is -0.452. The number of benzene rings is 1. The van der Waals surface area contributed by atoms with Gasteiger partial charge >= 0.3 is 0 Å². The van der Waals surface area contributed by atoms with Crippen LogP contribution in [0.4, 0.5) is 10.1 Å². The summed E-state index contributed by atoms with van der Waals surface area (Å²) in [6.07, 6.45) is 1.34. The monoisotopic (exact) mass is 338 g/mol. The molecule has 0 fully saturated rings. The topological polar surface area (TPSA) is 99.5 Å². The van der Waals surface area contributed by atoms with Gasteiger partial charge in [-0.05, 0) is 27.2 Å². The molecule has 0 spiro atoms. The molecule has 0 aliphatic carbocycles. The second-order valence-electron chi connectivity index (χ2n) is 3.52. The molecule has 7 nitrogen and oxygen atoms in total. The highest BCUT2D eigenvalue weighted by Gasteiger charge is 2.11. The number of H-pyrrole nitrogens is 1. The van der Waals surface area contributed by atoms with Crippen LogP contribution in [0.25, 0.3) is 5.57 Å². The Balaban J connectivity index is 2.33. The molecule has 0 saturated carbocycles. The van der Waals surface area contributed by atoms with Gasteiger partial charge in [0.15, 0.2) is 5.75 Å². The molecule has 20 heavy (non-hydrogen) atoms. The Bertz CT molecular complexity index is 679. The van der Waals surface area contributed by atoms with Crippen molar-refractivity contribution in [2.75, 3.05) is 12.4 Å². The van der Waals surface area contributed by atoms with E-state index in [9.17, 15) is 4.39 Å². The van der Waals surface area contributed by atoms with E-state index < -0.39 is 5.82 Å². The predicted molar refractivity (Wildman–Crippen MR) is 72.0 cm³/mol. The molecule has 2 aromatic rings. The third kappa shape index (κ3) is 2.92. The van der Waals surface area contributed by atoms with Gasteiger partial charge in [0, 0.05) is 12.3 Å². The predicted octanol–water partition coefficient (Wildman–Crippen LogP) is 2.09. The highest BCUT2D eigenvalue weighted by atomic mass is 79.9. The maximum Gasteiger partial charge on any atom is 0.216 e. The Kier molecular flexibility index (Phi) is 4.27. The maximum atomic E-state index is 13.4. The van der Waals surface area contributed by atoms with Crippen molar-refractivity contribution in [2.24, 2.45) is 0 Å². The number of halogens is 2. The van der Waals surface area contributed by atoms with Crippen molar-refractivity contribution >= 4 is 27.2 Å². The minimum absolute atomic E-state index is 0.134. The van der Waals surface area contributed by atoms with Crippen LogP contribution < -0.4 is 10.1 Å². The zero-order valence-electron chi connectivity index (χ0n) is 10.2. The molecule has 1 aromatic carbocycles. The van der Waals surface area contributed by atoms with E-state index in [2.05, 4.69) is 41.9 Å². The number of rotatable bonds is 4. The molecular formula is C11H8BrFN6O. The zero-order chi connectivity index (χ0) is 14.5. The van der Waals surface area contributed by atoms with Crippen LogP contribution in [0.5, 0.6) is 5.75 Å². The molecule has 2 N–H and O–H groups in total. The van der Waals surface area contributed by atoms with Crippen molar-refractivity contribution in [3.05, 3.63) is 34.4 Å². The van der Waals surface area contributed by atoms with Crippen LogP contribution in [0.1, 0.15) is 5.82 Å². The molecule has 2 rings (SSSR count). The molecule has 0 amide bonds. The molecule has 102 valence electrons. The number of ether oxygens (including phenoxy) is 1. The summed E-state index contributed by atoms with van der Waals surface area (Å²) in [5.74, 6) is 0.0918. The summed E-state index contributed by atoms with van der Waals surface area (Å²) in [4.78, 5) is 0. The average molecular weight is 339 g/mol. The fraction of sp³-hybridized carbons (Fsp3) is 0.0909. The molecule has 0 aliphatic heterocycles. The number of methoxy groups -OCH3 is 1. The van der Waals surface area contributed by atoms with E-state index in [0.29, 0.717) is 15.9 Å². The first-order valence-electron chi connectivity index (χ1n) is 5.29. The van der Waals surface area contributed by atoms with Crippen molar-refractivity contribution < 1.29 is 9.13 Å². The van der Waals surface area contributed by atoms with E-state index in [0.717, 1.165) is 0 Å². The number of hydrogen-bond acceptors (Lipinski definition) is 6. The van der Waals surface area contributed by atoms with Crippen LogP contribution >= 0.6 is 15.9 Å². The molecule has 9 heteroatoms. The van der Waals surface area contributed by atoms with Crippen molar-refractivity contribution in [3.63, 3.8) is 0 Å². The number of allylic oxidation sites excluding steroid dienone is 1. The third-order valence-corrected chi connectivity index (χ3v) is 2.88. The molecule has 0 bridgehead atoms. The van der Waals surface area contributed by atoms with E-state index in [1.807, 2.05) is 6.07 Å². The molecule has 1 heterocycles. The first kappa shape index (κ1) is 14.0. The smallest absolute Gasteiger partial charge is 0.216 e. The molecule has 0 aliphatic rings. The summed E-state index contributed by atoms with van der Waals surface area (Å²) in [6.45, 7) is 0. The molecular weight excluding hydrogens is 331 g/mol. The van der Waals surface area contributed by atoms with E-state index in [1.54, 1.807) is 0 Å². The normalized spacial score (nSPS) is 11.0. The lowest BCUT2D eigenvalue weighted by Crippen LogP contribution is -1.97. The van der Waals surface area contributed by atoms with Gasteiger partial charge in [-0.1, -0.05) is 0 Å². The lowest BCUT2D eigenvalue weighted by molar-refractivity contribution is 0.413. The largest absolute Gasteiger partial charge is 0.493 e. The Hall–Kier alpha value is -2.47. The van der Waals surface area contributed by atoms with Crippen molar-refractivity contribution in [1.29, 1.82) is 5.26 Å². The van der Waals surface area contributed by atoms with E-state index in [4.69, 9.17) is 10.00 Å². The quantitative estimate of drug-likeness (QED) is 0.828. The third-order valence-electron chi connectivity index (χ3n) is 2.29. The molecule has 0 unspecified atom stereocenters. The van der Waals surface area contributed by atoms with Crippen LogP contribution in [-0.4, -0.2) is 27.7 Å². The molecule has 1 aromatic heterocycles. The highest BCUT2D eigenvalue weighted by molar-refractivity contribution is 9.10. The average Bonchev–Trinajstić information content (AvgIpc) is 2.93. The maximum absolute atomic E-state index is 13.4. The lowest BCUT2D eigenvalue weighted by Gasteiger charge is -2.10. The van der Waals surface area contributed by atoms with Gasteiger partial charge in [0.25, 0.3) is 0 Å². The second-order valence-corrected chi connectivity index (χ2v) is 4.37. The number of aromatic nitrogens is 4. The summed E-state index contributed by atoms with van der Waals surface area (Å²) < 4.78 is 19.0. The van der Waals surface area contributed by atoms with Crippen LogP contribution in [0.3, 0.4) is 0 Å². The molecule has 0 radical (unpaired) electrons. The summed E-state index contributed by atoms with van der Waals surface area (Å²) in [6, 6.07) is 4.43. The number of nitrogens with one attached hydrogen (secondary N) is 2. The SMILES string of the molecule is COc1c(Br)cc(F)cc1NC=C(C#N)c1nn[nH]n1. The van der Waals surface area contributed by atoms with E-state index >= 15 is 0 Å². The first-order valence-corrected chi connectivity index (χ1v) is 6.08. The standard InChI is InChI=1S/C11H8BrFN6O/c1-20-10-8(12)2-7(13)3-9(10)15-5-6(4-14)11-16-18-19-17-11/h2-3,5,15H,1H3,(H,16,17,18,19). The molecule has 0 saturated heterocycles. The van der Waals surface area contributed by atoms with Gasteiger partial charge in [-0.2, -0.15) is 10.5 Å². The van der Waals surface area contributed by atoms with Crippen molar-refractivity contribution in [1.82, 2.24) is 20.6 Å². The van der Waals surface area contributed by atoms with Crippen molar-refractivity contribution in [3.8, 4) is 11.8 Å². The Morgan fingerprint density at radius 3 is 3.00 bits per heavy atom. The summed E-state index contributed by atoms with van der Waals surface area (Å²) in [5.41, 5.74) is 0.497. The number of anilines is 1. The van der Waals surface area contributed by atoms with Gasteiger partial charge in [0.05, 0.1) is 17.3 Å². The van der Waals surface area contributed by atoms with Gasteiger partial charge in [-0.25, -0.2) is 4.39 Å². The fourth-order valence-corrected chi connectivity index (χ4v) is 2.04. The number of tetrazole rings is 1. The van der Waals surface area contributed by atoms with Gasteiger partial charge in [-0.15, -0.1) is 10.2 Å². The van der Waals surface area contributed by atoms with Crippen molar-refractivity contribution in [2.45, 2.75) is 0 Å². The Morgan fingerprint density at radius 2 is 2.40 bits per heavy atom. The van der Waals surface area contributed by atoms with Gasteiger partial charge in [0.2, 0.25) is 5.82 Å². The van der Waals surface area contributed by atoms with Gasteiger partial charge < -0.3 is 10.1 Å². The Labute approximate surface area is 121 Å². The Morgan fingerprint density at radius 1 is 1.60 bits per heavy atom. The van der Waals surface area contributed by atoms with Crippen LogP contribution in [-0.2, 0) is 0 Å². The van der Waals surface area contributed by atoms with Crippen LogP contribution in [0, 0.1) is 17.1 Å². The number of nitrogens with zero attached hydrogens (tertiary/aromatic N) is 4. The second kappa shape index (κ2) is 6.12. The van der Waals surface area contributed by atoms with Gasteiger partial charge in [-0.3, -0.25) is 0 Å². The summed E-state index contributed by atoms with van der Waals surface area (Å²) in [7, 11) is 1.46. The summed E-state index contributed by atoms with van der Waals surface area (Å²) in [5, 5.41) is 24.8. The number of hydrogen-bond donors (Lipinski definition) is 2. The van der Waals surface area contributed by atoms with Crippen LogP contribution in [0.15, 0.2) is 22.8 Å². The number of aromatic amines is 1. The van der Waals surface area contributed by atoms with E-state index in [1.165, 1.54) is 25.4 Å². The fourth-order valence-electron chi connectivity index (χ4n) is 1.45. The van der Waals surface area contributed by atoms with E-state index in [-0.39, 0.29) is 11.4 Å². The number of nitriles is 1. The van der Waals surface area contributed by atoms with Gasteiger partial charge in [0.1, 0.15) is 17.5 Å². The minimum Gasteiger partial charge on any atom is -0.493 e. The first-order chi connectivity index (χ1) is 9.65. The lowest BCUT2D eigenvalue weighted by atomic mass is 10.2. The summed E-state index contributed by atoms with van der Waals surface area (Å²) >= 11 is 3.19. The zero-order valence-corrected chi connectivity index (χ0v) is 11.8. The highest BCUT2D eigenvalue weighted by Crippen LogP contribution is 2.34. The van der Waals surface area contributed by atoms with Crippen LogP contribution in [0.2, 0.25) is 0 Å². The molecule has 0 atom stereocenters.